The van der Waals surface area contributed by atoms with Crippen LogP contribution < -0.4 is 0 Å². The van der Waals surface area contributed by atoms with Crippen LogP contribution in [0.25, 0.3) is 88.4 Å². The molecule has 0 aliphatic carbocycles. The standard InChI is InChI=1S/C44H28N2O/c1-2-13-32(14-3-1)46-41-23-9-6-18-37(41)42-38-20-11-19-34(43(38)47-44(42)46)30-26-24-29(25-27-30)31-12-10-15-33(28-31)45-39-21-7-4-16-35(39)36-17-5-8-22-40(36)45/h1-28H. The van der Waals surface area contributed by atoms with Gasteiger partial charge in [-0.2, -0.15) is 0 Å². The minimum absolute atomic E-state index is 0.873. The number of hydrogen-bond donors (Lipinski definition) is 0. The number of fused-ring (bicyclic) bond motifs is 8. The van der Waals surface area contributed by atoms with Crippen molar-refractivity contribution in [2.24, 2.45) is 0 Å². The Morgan fingerprint density at radius 3 is 1.64 bits per heavy atom. The summed E-state index contributed by atoms with van der Waals surface area (Å²) in [6.45, 7) is 0. The molecule has 0 unspecified atom stereocenters. The molecule has 0 bridgehead atoms. The molecule has 0 saturated heterocycles. The van der Waals surface area contributed by atoms with Crippen molar-refractivity contribution in [2.75, 3.05) is 0 Å². The summed E-state index contributed by atoms with van der Waals surface area (Å²) in [4.78, 5) is 0. The maximum Gasteiger partial charge on any atom is 0.213 e. The van der Waals surface area contributed by atoms with Crippen LogP contribution in [0.4, 0.5) is 0 Å². The first-order valence-corrected chi connectivity index (χ1v) is 16.0. The lowest BCUT2D eigenvalue weighted by Gasteiger charge is -2.11. The third kappa shape index (κ3) is 3.87. The Balaban J connectivity index is 1.09. The lowest BCUT2D eigenvalue weighted by molar-refractivity contribution is 0.646. The van der Waals surface area contributed by atoms with Crippen molar-refractivity contribution in [3.8, 4) is 33.6 Å². The van der Waals surface area contributed by atoms with Crippen LogP contribution in [-0.4, -0.2) is 9.13 Å². The van der Waals surface area contributed by atoms with Crippen LogP contribution in [0.3, 0.4) is 0 Å². The number of rotatable bonds is 4. The van der Waals surface area contributed by atoms with Crippen LogP contribution in [0.15, 0.2) is 174 Å². The topological polar surface area (TPSA) is 23.0 Å². The van der Waals surface area contributed by atoms with E-state index in [0.717, 1.165) is 50.1 Å². The molecule has 3 aromatic heterocycles. The van der Waals surface area contributed by atoms with Crippen molar-refractivity contribution in [3.05, 3.63) is 170 Å². The lowest BCUT2D eigenvalue weighted by atomic mass is 9.98. The van der Waals surface area contributed by atoms with E-state index in [-0.39, 0.29) is 0 Å². The van der Waals surface area contributed by atoms with Crippen molar-refractivity contribution in [1.29, 1.82) is 0 Å². The van der Waals surface area contributed by atoms with Crippen molar-refractivity contribution in [2.45, 2.75) is 0 Å². The van der Waals surface area contributed by atoms with Crippen LogP contribution in [0.5, 0.6) is 0 Å². The Kier molecular flexibility index (Phi) is 5.57. The molecule has 0 saturated carbocycles. The molecule has 10 rings (SSSR count). The zero-order valence-corrected chi connectivity index (χ0v) is 25.5. The van der Waals surface area contributed by atoms with Gasteiger partial charge in [-0.05, 0) is 59.2 Å². The third-order valence-corrected chi connectivity index (χ3v) is 9.54. The molecule has 0 atom stereocenters. The minimum atomic E-state index is 0.873. The molecule has 0 fully saturated rings. The molecule has 0 amide bonds. The summed E-state index contributed by atoms with van der Waals surface area (Å²) in [6.07, 6.45) is 0. The molecule has 0 spiro atoms. The number of benzene rings is 7. The molecule has 7 aromatic carbocycles. The minimum Gasteiger partial charge on any atom is -0.438 e. The summed E-state index contributed by atoms with van der Waals surface area (Å²) in [5.74, 6) is 0. The van der Waals surface area contributed by atoms with Crippen LogP contribution in [0.1, 0.15) is 0 Å². The zero-order chi connectivity index (χ0) is 30.9. The Labute approximate surface area is 271 Å². The van der Waals surface area contributed by atoms with Crippen molar-refractivity contribution >= 4 is 54.8 Å². The van der Waals surface area contributed by atoms with Gasteiger partial charge in [0.05, 0.1) is 21.9 Å². The largest absolute Gasteiger partial charge is 0.438 e. The van der Waals surface area contributed by atoms with Gasteiger partial charge < -0.3 is 8.98 Å². The first-order valence-electron chi connectivity index (χ1n) is 16.0. The Morgan fingerprint density at radius 2 is 0.915 bits per heavy atom. The zero-order valence-electron chi connectivity index (χ0n) is 25.5. The third-order valence-electron chi connectivity index (χ3n) is 9.54. The average molecular weight is 601 g/mol. The number of aromatic nitrogens is 2. The van der Waals surface area contributed by atoms with E-state index >= 15 is 0 Å². The highest BCUT2D eigenvalue weighted by Gasteiger charge is 2.21. The summed E-state index contributed by atoms with van der Waals surface area (Å²) >= 11 is 0. The van der Waals surface area contributed by atoms with E-state index in [4.69, 9.17) is 4.42 Å². The predicted octanol–water partition coefficient (Wildman–Crippen LogP) is 12.0. The Bertz CT molecular complexity index is 2720. The van der Waals surface area contributed by atoms with Gasteiger partial charge in [0, 0.05) is 38.5 Å². The molecule has 10 aromatic rings. The Hall–Kier alpha value is -6.32. The van der Waals surface area contributed by atoms with Gasteiger partial charge in [0.1, 0.15) is 5.58 Å². The van der Waals surface area contributed by atoms with Gasteiger partial charge in [0.2, 0.25) is 5.71 Å². The summed E-state index contributed by atoms with van der Waals surface area (Å²) in [7, 11) is 0. The molecule has 0 aliphatic heterocycles. The van der Waals surface area contributed by atoms with Crippen molar-refractivity contribution in [3.63, 3.8) is 0 Å². The van der Waals surface area contributed by atoms with Crippen LogP contribution in [0, 0.1) is 0 Å². The fourth-order valence-corrected chi connectivity index (χ4v) is 7.44. The SMILES string of the molecule is c1ccc(-n2c3ccccc3c3c4cccc(-c5ccc(-c6cccc(-n7c8ccccc8c8ccccc87)c6)cc5)c4oc32)cc1. The highest BCUT2D eigenvalue weighted by Crippen LogP contribution is 2.42. The van der Waals surface area contributed by atoms with E-state index < -0.39 is 0 Å². The van der Waals surface area contributed by atoms with Gasteiger partial charge in [-0.25, -0.2) is 0 Å². The number of furan rings is 1. The van der Waals surface area contributed by atoms with Gasteiger partial charge >= 0.3 is 0 Å². The van der Waals surface area contributed by atoms with E-state index in [1.54, 1.807) is 0 Å². The summed E-state index contributed by atoms with van der Waals surface area (Å²) in [5.41, 5.74) is 12.2. The number of para-hydroxylation sites is 5. The van der Waals surface area contributed by atoms with E-state index in [1.165, 1.54) is 38.3 Å². The quantitative estimate of drug-likeness (QED) is 0.197. The molecular formula is C44H28N2O. The lowest BCUT2D eigenvalue weighted by Crippen LogP contribution is -1.94. The van der Waals surface area contributed by atoms with Crippen LogP contribution in [0.2, 0.25) is 0 Å². The molecule has 3 nitrogen and oxygen atoms in total. The fourth-order valence-electron chi connectivity index (χ4n) is 7.44. The molecule has 0 aliphatic rings. The van der Waals surface area contributed by atoms with E-state index in [2.05, 4.69) is 173 Å². The summed E-state index contributed by atoms with van der Waals surface area (Å²) in [5, 5.41) is 6.02. The molecule has 0 N–H and O–H groups in total. The first-order chi connectivity index (χ1) is 23.3. The van der Waals surface area contributed by atoms with Crippen molar-refractivity contribution in [1.82, 2.24) is 9.13 Å². The van der Waals surface area contributed by atoms with Crippen LogP contribution in [-0.2, 0) is 0 Å². The van der Waals surface area contributed by atoms with E-state index in [9.17, 15) is 0 Å². The monoisotopic (exact) mass is 600 g/mol. The second-order valence-corrected chi connectivity index (χ2v) is 12.1. The molecule has 47 heavy (non-hydrogen) atoms. The molecule has 3 heterocycles. The first kappa shape index (κ1) is 26.0. The molecule has 0 radical (unpaired) electrons. The van der Waals surface area contributed by atoms with Gasteiger partial charge in [-0.1, -0.05) is 127 Å². The maximum atomic E-state index is 6.81. The number of nitrogens with zero attached hydrogens (tertiary/aromatic N) is 2. The number of hydrogen-bond acceptors (Lipinski definition) is 1. The van der Waals surface area contributed by atoms with Gasteiger partial charge in [-0.15, -0.1) is 0 Å². The summed E-state index contributed by atoms with van der Waals surface area (Å²) in [6, 6.07) is 60.5. The highest BCUT2D eigenvalue weighted by atomic mass is 16.3. The molecule has 220 valence electrons. The van der Waals surface area contributed by atoms with Gasteiger partial charge in [-0.3, -0.25) is 4.57 Å². The predicted molar refractivity (Wildman–Crippen MR) is 196 cm³/mol. The average Bonchev–Trinajstić information content (AvgIpc) is 3.79. The fraction of sp³-hybridized carbons (Fsp3) is 0. The maximum absolute atomic E-state index is 6.81. The normalized spacial score (nSPS) is 11.8. The van der Waals surface area contributed by atoms with Crippen LogP contribution >= 0.6 is 0 Å². The molecular weight excluding hydrogens is 572 g/mol. The second kappa shape index (κ2) is 10.1. The summed E-state index contributed by atoms with van der Waals surface area (Å²) < 4.78 is 11.4. The smallest absolute Gasteiger partial charge is 0.213 e. The van der Waals surface area contributed by atoms with E-state index in [1.807, 2.05) is 6.07 Å². The van der Waals surface area contributed by atoms with Crippen molar-refractivity contribution < 1.29 is 4.42 Å². The Morgan fingerprint density at radius 1 is 0.362 bits per heavy atom. The van der Waals surface area contributed by atoms with Gasteiger partial charge in [0.15, 0.2) is 0 Å². The molecule has 3 heteroatoms. The second-order valence-electron chi connectivity index (χ2n) is 12.1. The van der Waals surface area contributed by atoms with Gasteiger partial charge in [0.25, 0.3) is 0 Å². The highest BCUT2D eigenvalue weighted by molar-refractivity contribution is 6.21. The van der Waals surface area contributed by atoms with E-state index in [0.29, 0.717) is 0 Å².